The van der Waals surface area contributed by atoms with Gasteiger partial charge in [-0.05, 0) is 22.0 Å². The third kappa shape index (κ3) is 3.02. The molecule has 1 aromatic rings. The van der Waals surface area contributed by atoms with Gasteiger partial charge < -0.3 is 4.90 Å². The summed E-state index contributed by atoms with van der Waals surface area (Å²) in [4.78, 5) is 22.4. The fourth-order valence-electron chi connectivity index (χ4n) is 1.97. The smallest absolute Gasteiger partial charge is 0.307 e. The largest absolute Gasteiger partial charge is 0.310 e. The fourth-order valence-corrected chi connectivity index (χ4v) is 3.17. The Balaban J connectivity index is 2.45. The van der Waals surface area contributed by atoms with Crippen LogP contribution in [0.25, 0.3) is 0 Å². The van der Waals surface area contributed by atoms with Gasteiger partial charge in [-0.2, -0.15) is 12.8 Å². The lowest BCUT2D eigenvalue weighted by Crippen LogP contribution is -2.27. The number of hydrogen-bond donors (Lipinski definition) is 0. The molecule has 2 rings (SSSR count). The van der Waals surface area contributed by atoms with Crippen molar-refractivity contribution in [2.24, 2.45) is 0 Å². The van der Waals surface area contributed by atoms with E-state index in [1.165, 1.54) is 0 Å². The quantitative estimate of drug-likeness (QED) is 0.450. The Morgan fingerprint density at radius 1 is 1.43 bits per heavy atom. The minimum Gasteiger partial charge on any atom is -0.310 e. The normalized spacial score (nSPS) is 19.1. The average molecular weight is 385 g/mol. The highest BCUT2D eigenvalue weighted by Gasteiger charge is 2.40. The maximum atomic E-state index is 13.4. The van der Waals surface area contributed by atoms with Crippen molar-refractivity contribution in [1.29, 1.82) is 0 Å². The third-order valence-corrected chi connectivity index (χ3v) is 4.74. The summed E-state index contributed by atoms with van der Waals surface area (Å²) in [5, 5.41) is 9.16. The van der Waals surface area contributed by atoms with Gasteiger partial charge in [-0.15, -0.1) is 3.89 Å². The molecule has 7 nitrogen and oxygen atoms in total. The van der Waals surface area contributed by atoms with E-state index in [1.807, 2.05) is 0 Å². The molecular formula is C10H7BrF2N2O5S. The Morgan fingerprint density at radius 2 is 2.05 bits per heavy atom. The molecule has 21 heavy (non-hydrogen) atoms. The Bertz CT molecular complexity index is 739. The number of nitro groups is 1. The Morgan fingerprint density at radius 3 is 2.52 bits per heavy atom. The SMILES string of the molecule is O=C1CC(S(=O)(=O)F)CN1c1cc([N+](=O)[O-])c(F)cc1Br. The molecule has 0 radical (unpaired) electrons. The van der Waals surface area contributed by atoms with Crippen molar-refractivity contribution in [3.8, 4) is 0 Å². The van der Waals surface area contributed by atoms with Crippen LogP contribution in [0, 0.1) is 15.9 Å². The highest BCUT2D eigenvalue weighted by Crippen LogP contribution is 2.36. The molecule has 114 valence electrons. The highest BCUT2D eigenvalue weighted by atomic mass is 79.9. The Kier molecular flexibility index (Phi) is 3.97. The Labute approximate surface area is 126 Å². The van der Waals surface area contributed by atoms with Crippen molar-refractivity contribution in [3.63, 3.8) is 0 Å². The van der Waals surface area contributed by atoms with Crippen LogP contribution < -0.4 is 4.90 Å². The van der Waals surface area contributed by atoms with Gasteiger partial charge in [-0.3, -0.25) is 14.9 Å². The summed E-state index contributed by atoms with van der Waals surface area (Å²) in [6.07, 6.45) is -0.573. The molecular weight excluding hydrogens is 378 g/mol. The zero-order valence-corrected chi connectivity index (χ0v) is 12.5. The molecule has 0 N–H and O–H groups in total. The van der Waals surface area contributed by atoms with Crippen molar-refractivity contribution in [3.05, 3.63) is 32.5 Å². The van der Waals surface area contributed by atoms with Crippen LogP contribution in [0.15, 0.2) is 16.6 Å². The third-order valence-electron chi connectivity index (χ3n) is 2.99. The van der Waals surface area contributed by atoms with E-state index in [-0.39, 0.29) is 10.2 Å². The first-order valence-corrected chi connectivity index (χ1v) is 7.72. The molecule has 1 aliphatic heterocycles. The maximum Gasteiger partial charge on any atom is 0.307 e. The number of hydrogen-bond acceptors (Lipinski definition) is 5. The zero-order valence-electron chi connectivity index (χ0n) is 10.1. The van der Waals surface area contributed by atoms with Crippen LogP contribution in [-0.4, -0.2) is 31.0 Å². The second kappa shape index (κ2) is 5.30. The number of carbonyl (C=O) groups is 1. The molecule has 0 spiro atoms. The van der Waals surface area contributed by atoms with Crippen molar-refractivity contribution in [2.75, 3.05) is 11.4 Å². The van der Waals surface area contributed by atoms with Crippen molar-refractivity contribution in [2.45, 2.75) is 11.7 Å². The predicted molar refractivity (Wildman–Crippen MR) is 71.5 cm³/mol. The van der Waals surface area contributed by atoms with Gasteiger partial charge in [0.05, 0.1) is 10.6 Å². The first-order chi connectivity index (χ1) is 9.61. The number of benzene rings is 1. The van der Waals surface area contributed by atoms with Crippen LogP contribution in [0.2, 0.25) is 0 Å². The minimum absolute atomic E-state index is 0.0239. The monoisotopic (exact) mass is 384 g/mol. The van der Waals surface area contributed by atoms with E-state index in [1.54, 1.807) is 0 Å². The van der Waals surface area contributed by atoms with Gasteiger partial charge >= 0.3 is 15.9 Å². The molecule has 1 aliphatic rings. The summed E-state index contributed by atoms with van der Waals surface area (Å²) in [6, 6.07) is 1.59. The summed E-state index contributed by atoms with van der Waals surface area (Å²) in [6.45, 7) is -0.487. The van der Waals surface area contributed by atoms with Crippen LogP contribution in [0.5, 0.6) is 0 Å². The molecule has 0 aliphatic carbocycles. The first-order valence-electron chi connectivity index (χ1n) is 5.48. The number of nitro benzene ring substituents is 1. The summed E-state index contributed by atoms with van der Waals surface area (Å²) in [7, 11) is -4.91. The van der Waals surface area contributed by atoms with Gasteiger partial charge in [0.1, 0.15) is 5.25 Å². The molecule has 1 saturated heterocycles. The molecule has 1 atom stereocenters. The molecule has 11 heteroatoms. The van der Waals surface area contributed by atoms with Gasteiger partial charge in [0, 0.05) is 23.5 Å². The van der Waals surface area contributed by atoms with E-state index >= 15 is 0 Å². The Hall–Kier alpha value is -1.62. The van der Waals surface area contributed by atoms with Gasteiger partial charge in [-0.1, -0.05) is 0 Å². The number of halogens is 3. The van der Waals surface area contributed by atoms with E-state index in [2.05, 4.69) is 15.9 Å². The molecule has 1 heterocycles. The van der Waals surface area contributed by atoms with Crippen LogP contribution in [0.4, 0.5) is 19.7 Å². The molecule has 1 aromatic carbocycles. The van der Waals surface area contributed by atoms with Crippen LogP contribution in [-0.2, 0) is 15.0 Å². The van der Waals surface area contributed by atoms with Crippen LogP contribution in [0.3, 0.4) is 0 Å². The lowest BCUT2D eigenvalue weighted by atomic mass is 10.2. The zero-order chi connectivity index (χ0) is 15.9. The standard InChI is InChI=1S/C10H7BrF2N2O5S/c11-6-2-7(12)9(15(17)18)3-8(6)14-4-5(1-10(14)16)21(13,19)20/h2-3,5H,1,4H2. The van der Waals surface area contributed by atoms with E-state index in [9.17, 15) is 31.6 Å². The summed E-state index contributed by atoms with van der Waals surface area (Å²) in [5.41, 5.74) is -0.952. The number of amides is 1. The van der Waals surface area contributed by atoms with Crippen LogP contribution >= 0.6 is 15.9 Å². The first kappa shape index (κ1) is 15.8. The van der Waals surface area contributed by atoms with Crippen molar-refractivity contribution in [1.82, 2.24) is 0 Å². The van der Waals surface area contributed by atoms with Crippen molar-refractivity contribution >= 4 is 43.4 Å². The van der Waals surface area contributed by atoms with E-state index in [0.717, 1.165) is 17.0 Å². The van der Waals surface area contributed by atoms with Gasteiger partial charge in [0.15, 0.2) is 0 Å². The van der Waals surface area contributed by atoms with Gasteiger partial charge in [-0.25, -0.2) is 0 Å². The van der Waals surface area contributed by atoms with E-state index in [0.29, 0.717) is 0 Å². The van der Waals surface area contributed by atoms with E-state index < -0.39 is 50.8 Å². The molecule has 0 saturated carbocycles. The highest BCUT2D eigenvalue weighted by molar-refractivity contribution is 9.10. The fraction of sp³-hybridized carbons (Fsp3) is 0.300. The van der Waals surface area contributed by atoms with Gasteiger partial charge in [0.25, 0.3) is 0 Å². The van der Waals surface area contributed by atoms with Crippen LogP contribution in [0.1, 0.15) is 6.42 Å². The molecule has 1 amide bonds. The lowest BCUT2D eigenvalue weighted by Gasteiger charge is -2.17. The predicted octanol–water partition coefficient (Wildman–Crippen LogP) is 1.90. The van der Waals surface area contributed by atoms with Gasteiger partial charge in [0.2, 0.25) is 11.7 Å². The average Bonchev–Trinajstić information content (AvgIpc) is 2.70. The second-order valence-corrected chi connectivity index (χ2v) is 6.79. The van der Waals surface area contributed by atoms with E-state index in [4.69, 9.17) is 0 Å². The summed E-state index contributed by atoms with van der Waals surface area (Å²) in [5.74, 6) is -1.83. The molecule has 0 bridgehead atoms. The topological polar surface area (TPSA) is 97.6 Å². The number of anilines is 1. The molecule has 0 aromatic heterocycles. The maximum absolute atomic E-state index is 13.4. The second-order valence-electron chi connectivity index (χ2n) is 4.32. The molecule has 1 fully saturated rings. The molecule has 1 unspecified atom stereocenters. The minimum atomic E-state index is -4.91. The number of rotatable bonds is 3. The van der Waals surface area contributed by atoms with Crippen molar-refractivity contribution < 1.29 is 26.4 Å². The number of nitrogens with zero attached hydrogens (tertiary/aromatic N) is 2. The summed E-state index contributed by atoms with van der Waals surface area (Å²) < 4.78 is 48.1. The number of carbonyl (C=O) groups excluding carboxylic acids is 1. The lowest BCUT2D eigenvalue weighted by molar-refractivity contribution is -0.387. The summed E-state index contributed by atoms with van der Waals surface area (Å²) >= 11 is 2.94.